The largest absolute Gasteiger partial charge is 0.383 e. The van der Waals surface area contributed by atoms with E-state index >= 15 is 0 Å². The van der Waals surface area contributed by atoms with E-state index in [4.69, 9.17) is 4.74 Å². The number of aromatic nitrogens is 2. The van der Waals surface area contributed by atoms with Crippen molar-refractivity contribution in [1.29, 1.82) is 0 Å². The Bertz CT molecular complexity index is 523. The minimum Gasteiger partial charge on any atom is -0.383 e. The molecule has 0 spiro atoms. The summed E-state index contributed by atoms with van der Waals surface area (Å²) in [5, 5.41) is 12.1. The van der Waals surface area contributed by atoms with Crippen molar-refractivity contribution in [1.82, 2.24) is 20.4 Å². The number of ether oxygens (including phenoxy) is 1. The Kier molecular flexibility index (Phi) is 7.23. The van der Waals surface area contributed by atoms with Gasteiger partial charge in [-0.05, 0) is 32.4 Å². The van der Waals surface area contributed by atoms with E-state index in [0.717, 1.165) is 31.3 Å². The first-order valence-electron chi connectivity index (χ1n) is 8.23. The van der Waals surface area contributed by atoms with Gasteiger partial charge in [0.05, 0.1) is 18.8 Å². The van der Waals surface area contributed by atoms with Crippen LogP contribution in [0.4, 0.5) is 0 Å². The second kappa shape index (κ2) is 9.17. The molecule has 2 rings (SSSR count). The first-order valence-corrected chi connectivity index (χ1v) is 9.28. The van der Waals surface area contributed by atoms with Gasteiger partial charge in [-0.25, -0.2) is 0 Å². The number of thioether (sulfide) groups is 1. The zero-order valence-corrected chi connectivity index (χ0v) is 15.5. The molecule has 0 aromatic carbocycles. The molecule has 1 fully saturated rings. The van der Waals surface area contributed by atoms with Crippen LogP contribution in [0.15, 0.2) is 4.99 Å². The fourth-order valence-corrected chi connectivity index (χ4v) is 4.00. The summed E-state index contributed by atoms with van der Waals surface area (Å²) >= 11 is 2.05. The fraction of sp³-hybridized carbons (Fsp3) is 0.750. The van der Waals surface area contributed by atoms with Crippen LogP contribution < -0.4 is 10.6 Å². The lowest BCUT2D eigenvalue weighted by Gasteiger charge is -2.15. The van der Waals surface area contributed by atoms with Gasteiger partial charge >= 0.3 is 0 Å². The van der Waals surface area contributed by atoms with Gasteiger partial charge in [0.15, 0.2) is 5.96 Å². The number of guanidine groups is 1. The first-order chi connectivity index (χ1) is 11.2. The SMILES string of the molecule is CN=C(NCc1c(C)nn(CCOC)c1C)NCC1CCCS1. The molecule has 1 atom stereocenters. The number of methoxy groups -OCH3 is 1. The van der Waals surface area contributed by atoms with Crippen LogP contribution >= 0.6 is 11.8 Å². The monoisotopic (exact) mass is 339 g/mol. The zero-order valence-electron chi connectivity index (χ0n) is 14.7. The Morgan fingerprint density at radius 3 is 2.91 bits per heavy atom. The molecule has 1 aliphatic rings. The normalized spacial score (nSPS) is 18.4. The van der Waals surface area contributed by atoms with Crippen molar-refractivity contribution in [3.63, 3.8) is 0 Å². The van der Waals surface area contributed by atoms with Gasteiger partial charge in [-0.3, -0.25) is 9.67 Å². The Labute approximate surface area is 143 Å². The van der Waals surface area contributed by atoms with Crippen molar-refractivity contribution < 1.29 is 4.74 Å². The molecule has 1 aliphatic heterocycles. The predicted molar refractivity (Wildman–Crippen MR) is 97.3 cm³/mol. The quantitative estimate of drug-likeness (QED) is 0.585. The molecule has 1 aromatic heterocycles. The highest BCUT2D eigenvalue weighted by Crippen LogP contribution is 2.25. The van der Waals surface area contributed by atoms with Crippen LogP contribution in [0.2, 0.25) is 0 Å². The molecule has 0 bridgehead atoms. The van der Waals surface area contributed by atoms with Crippen LogP contribution in [0.5, 0.6) is 0 Å². The summed E-state index contributed by atoms with van der Waals surface area (Å²) in [6, 6.07) is 0. The van der Waals surface area contributed by atoms with Gasteiger partial charge < -0.3 is 15.4 Å². The third-order valence-corrected chi connectivity index (χ3v) is 5.61. The lowest BCUT2D eigenvalue weighted by atomic mass is 10.2. The van der Waals surface area contributed by atoms with Crippen molar-refractivity contribution in [2.45, 2.75) is 45.0 Å². The number of aliphatic imine (C=N–C) groups is 1. The molecule has 0 saturated carbocycles. The van der Waals surface area contributed by atoms with Gasteiger partial charge in [0, 0.05) is 43.8 Å². The maximum absolute atomic E-state index is 5.14. The number of rotatable bonds is 7. The van der Waals surface area contributed by atoms with Crippen molar-refractivity contribution in [2.24, 2.45) is 4.99 Å². The Morgan fingerprint density at radius 2 is 2.26 bits per heavy atom. The second-order valence-corrected chi connectivity index (χ2v) is 7.22. The molecule has 1 unspecified atom stereocenters. The third-order valence-electron chi connectivity index (χ3n) is 4.22. The van der Waals surface area contributed by atoms with E-state index in [1.165, 1.54) is 29.9 Å². The van der Waals surface area contributed by atoms with Crippen LogP contribution in [0, 0.1) is 13.8 Å². The number of hydrogen-bond donors (Lipinski definition) is 2. The summed E-state index contributed by atoms with van der Waals surface area (Å²) in [7, 11) is 3.53. The Morgan fingerprint density at radius 1 is 1.43 bits per heavy atom. The van der Waals surface area contributed by atoms with Gasteiger partial charge in [0.25, 0.3) is 0 Å². The number of nitrogens with zero attached hydrogens (tertiary/aromatic N) is 3. The summed E-state index contributed by atoms with van der Waals surface area (Å²) in [5.41, 5.74) is 3.49. The summed E-state index contributed by atoms with van der Waals surface area (Å²) in [6.45, 7) is 7.35. The van der Waals surface area contributed by atoms with E-state index < -0.39 is 0 Å². The van der Waals surface area contributed by atoms with Gasteiger partial charge in [-0.15, -0.1) is 0 Å². The average Bonchev–Trinajstić information content (AvgIpc) is 3.15. The summed E-state index contributed by atoms with van der Waals surface area (Å²) in [5.74, 6) is 2.15. The fourth-order valence-electron chi connectivity index (χ4n) is 2.79. The molecule has 2 heterocycles. The molecule has 7 heteroatoms. The summed E-state index contributed by atoms with van der Waals surface area (Å²) < 4.78 is 7.15. The van der Waals surface area contributed by atoms with Gasteiger partial charge in [-0.2, -0.15) is 16.9 Å². The maximum atomic E-state index is 5.14. The number of nitrogens with one attached hydrogen (secondary N) is 2. The van der Waals surface area contributed by atoms with Crippen LogP contribution in [-0.2, 0) is 17.8 Å². The van der Waals surface area contributed by atoms with Gasteiger partial charge in [0.1, 0.15) is 0 Å². The lowest BCUT2D eigenvalue weighted by molar-refractivity contribution is 0.182. The van der Waals surface area contributed by atoms with Crippen molar-refractivity contribution in [2.75, 3.05) is 33.1 Å². The Hall–Kier alpha value is -1.21. The molecule has 1 saturated heterocycles. The molecule has 2 N–H and O–H groups in total. The molecule has 130 valence electrons. The predicted octanol–water partition coefficient (Wildman–Crippen LogP) is 1.71. The molecule has 0 aliphatic carbocycles. The van der Waals surface area contributed by atoms with Crippen LogP contribution in [-0.4, -0.2) is 54.1 Å². The minimum absolute atomic E-state index is 0.678. The van der Waals surface area contributed by atoms with Gasteiger partial charge in [0.2, 0.25) is 0 Å². The zero-order chi connectivity index (χ0) is 16.7. The van der Waals surface area contributed by atoms with E-state index in [0.29, 0.717) is 11.9 Å². The molecule has 0 amide bonds. The van der Waals surface area contributed by atoms with E-state index in [2.05, 4.69) is 46.3 Å². The van der Waals surface area contributed by atoms with Crippen molar-refractivity contribution in [3.05, 3.63) is 17.0 Å². The number of aryl methyl sites for hydroxylation is 1. The van der Waals surface area contributed by atoms with E-state index in [1.54, 1.807) is 7.11 Å². The van der Waals surface area contributed by atoms with Gasteiger partial charge in [-0.1, -0.05) is 0 Å². The average molecular weight is 340 g/mol. The molecule has 6 nitrogen and oxygen atoms in total. The molecular formula is C16H29N5OS. The lowest BCUT2D eigenvalue weighted by Crippen LogP contribution is -2.39. The molecule has 1 aromatic rings. The van der Waals surface area contributed by atoms with E-state index in [-0.39, 0.29) is 0 Å². The standard InChI is InChI=1S/C16H29N5OS/c1-12-15(13(2)21(20-12)7-8-22-4)11-19-16(17-3)18-10-14-6-5-9-23-14/h14H,5-11H2,1-4H3,(H2,17,18,19). The Balaban J connectivity index is 1.86. The molecular weight excluding hydrogens is 310 g/mol. The maximum Gasteiger partial charge on any atom is 0.191 e. The van der Waals surface area contributed by atoms with E-state index in [9.17, 15) is 0 Å². The molecule has 0 radical (unpaired) electrons. The van der Waals surface area contributed by atoms with E-state index in [1.807, 2.05) is 11.7 Å². The van der Waals surface area contributed by atoms with Crippen molar-refractivity contribution >= 4 is 17.7 Å². The first kappa shape index (κ1) is 18.1. The molecule has 23 heavy (non-hydrogen) atoms. The van der Waals surface area contributed by atoms with Crippen LogP contribution in [0.1, 0.15) is 29.8 Å². The third kappa shape index (κ3) is 5.14. The van der Waals surface area contributed by atoms with Crippen LogP contribution in [0.3, 0.4) is 0 Å². The highest BCUT2D eigenvalue weighted by atomic mass is 32.2. The topological polar surface area (TPSA) is 63.5 Å². The van der Waals surface area contributed by atoms with Crippen LogP contribution in [0.25, 0.3) is 0 Å². The summed E-state index contributed by atoms with van der Waals surface area (Å²) in [4.78, 5) is 4.32. The van der Waals surface area contributed by atoms with Crippen molar-refractivity contribution in [3.8, 4) is 0 Å². The highest BCUT2D eigenvalue weighted by molar-refractivity contribution is 8.00. The number of hydrogen-bond acceptors (Lipinski definition) is 4. The smallest absolute Gasteiger partial charge is 0.191 e. The summed E-state index contributed by atoms with van der Waals surface area (Å²) in [6.07, 6.45) is 2.64. The second-order valence-electron chi connectivity index (χ2n) is 5.81. The highest BCUT2D eigenvalue weighted by Gasteiger charge is 2.16. The minimum atomic E-state index is 0.678.